The Hall–Kier alpha value is -1.05. The van der Waals surface area contributed by atoms with Gasteiger partial charge in [0.25, 0.3) is 10.0 Å². The second kappa shape index (κ2) is 4.44. The average molecular weight is 242 g/mol. The van der Waals surface area contributed by atoms with E-state index in [1.807, 2.05) is 0 Å². The topological polar surface area (TPSA) is 84.0 Å². The van der Waals surface area contributed by atoms with Crippen LogP contribution < -0.4 is 10.0 Å². The Kier molecular flexibility index (Phi) is 3.17. The Labute approximate surface area is 94.5 Å². The van der Waals surface area contributed by atoms with Crippen LogP contribution in [0, 0.1) is 6.92 Å². The van der Waals surface area contributed by atoms with Crippen LogP contribution in [0.1, 0.15) is 12.1 Å². The first-order valence-corrected chi connectivity index (χ1v) is 6.59. The second-order valence-corrected chi connectivity index (χ2v) is 5.48. The molecule has 1 aromatic rings. The van der Waals surface area contributed by atoms with Crippen molar-refractivity contribution in [1.29, 1.82) is 0 Å². The van der Waals surface area contributed by atoms with Gasteiger partial charge < -0.3 is 5.32 Å². The number of nitrogens with one attached hydrogen (secondary N) is 2. The van der Waals surface area contributed by atoms with Crippen molar-refractivity contribution < 1.29 is 8.42 Å². The van der Waals surface area contributed by atoms with Gasteiger partial charge in [-0.2, -0.15) is 5.10 Å². The fourth-order valence-electron chi connectivity index (χ4n) is 1.57. The van der Waals surface area contributed by atoms with Crippen LogP contribution in [0.4, 0.5) is 0 Å². The maximum atomic E-state index is 11.9. The lowest BCUT2D eigenvalue weighted by atomic mass is 10.3. The van der Waals surface area contributed by atoms with Crippen molar-refractivity contribution in [3.63, 3.8) is 0 Å². The molecule has 2 N–H and O–H groups in total. The standard InChI is InChI=1S/C9H14N4O2S/c1-7-2-3-9(12-11-7)16(14,15)13-8-4-5-10-6-8/h2-3,8,10,13H,4-6H2,1H3/t8-/m1/s1. The van der Waals surface area contributed by atoms with Gasteiger partial charge in [0.05, 0.1) is 5.69 Å². The lowest BCUT2D eigenvalue weighted by molar-refractivity contribution is 0.554. The Morgan fingerprint density at radius 2 is 2.25 bits per heavy atom. The summed E-state index contributed by atoms with van der Waals surface area (Å²) in [5, 5.41) is 10.5. The maximum Gasteiger partial charge on any atom is 0.260 e. The van der Waals surface area contributed by atoms with Gasteiger partial charge in [0.1, 0.15) is 0 Å². The minimum absolute atomic E-state index is 0.0231. The minimum atomic E-state index is -3.52. The smallest absolute Gasteiger partial charge is 0.260 e. The predicted octanol–water partition coefficient (Wildman–Crippen LogP) is -0.575. The molecule has 2 heterocycles. The number of sulfonamides is 1. The van der Waals surface area contributed by atoms with Crippen molar-refractivity contribution in [2.45, 2.75) is 24.4 Å². The molecule has 2 rings (SSSR count). The molecule has 0 aromatic carbocycles. The predicted molar refractivity (Wildman–Crippen MR) is 58.4 cm³/mol. The van der Waals surface area contributed by atoms with Crippen molar-refractivity contribution in [3.05, 3.63) is 17.8 Å². The number of aromatic nitrogens is 2. The van der Waals surface area contributed by atoms with Crippen LogP contribution in [0.5, 0.6) is 0 Å². The summed E-state index contributed by atoms with van der Waals surface area (Å²) in [6, 6.07) is 3.05. The Balaban J connectivity index is 2.14. The summed E-state index contributed by atoms with van der Waals surface area (Å²) < 4.78 is 26.3. The van der Waals surface area contributed by atoms with Gasteiger partial charge in [-0.15, -0.1) is 5.10 Å². The number of aryl methyl sites for hydroxylation is 1. The fraction of sp³-hybridized carbons (Fsp3) is 0.556. The molecule has 6 nitrogen and oxygen atoms in total. The summed E-state index contributed by atoms with van der Waals surface area (Å²) in [7, 11) is -3.52. The zero-order chi connectivity index (χ0) is 11.6. The first kappa shape index (κ1) is 11.4. The lowest BCUT2D eigenvalue weighted by Gasteiger charge is -2.10. The summed E-state index contributed by atoms with van der Waals surface area (Å²) in [4.78, 5) is 0. The quantitative estimate of drug-likeness (QED) is 0.741. The van der Waals surface area contributed by atoms with Crippen molar-refractivity contribution in [2.24, 2.45) is 0 Å². The molecule has 88 valence electrons. The molecular weight excluding hydrogens is 228 g/mol. The molecule has 1 saturated heterocycles. The zero-order valence-corrected chi connectivity index (χ0v) is 9.79. The van der Waals surface area contributed by atoms with E-state index in [2.05, 4.69) is 20.2 Å². The summed E-state index contributed by atoms with van der Waals surface area (Å²) in [6.07, 6.45) is 0.804. The van der Waals surface area contributed by atoms with Gasteiger partial charge >= 0.3 is 0 Å². The molecule has 1 fully saturated rings. The van der Waals surface area contributed by atoms with E-state index in [4.69, 9.17) is 0 Å². The summed E-state index contributed by atoms with van der Waals surface area (Å²) in [5.41, 5.74) is 0.696. The molecule has 1 aromatic heterocycles. The molecule has 1 atom stereocenters. The highest BCUT2D eigenvalue weighted by molar-refractivity contribution is 7.89. The number of nitrogens with zero attached hydrogens (tertiary/aromatic N) is 2. The van der Waals surface area contributed by atoms with E-state index in [-0.39, 0.29) is 11.1 Å². The average Bonchev–Trinajstić information content (AvgIpc) is 2.70. The van der Waals surface area contributed by atoms with Crippen LogP contribution in [0.15, 0.2) is 17.2 Å². The van der Waals surface area contributed by atoms with E-state index in [0.29, 0.717) is 12.2 Å². The molecule has 7 heteroatoms. The van der Waals surface area contributed by atoms with Crippen molar-refractivity contribution in [3.8, 4) is 0 Å². The van der Waals surface area contributed by atoms with E-state index in [9.17, 15) is 8.42 Å². The monoisotopic (exact) mass is 242 g/mol. The first-order chi connectivity index (χ1) is 7.58. The van der Waals surface area contributed by atoms with E-state index < -0.39 is 10.0 Å². The van der Waals surface area contributed by atoms with Crippen LogP contribution in [0.2, 0.25) is 0 Å². The van der Waals surface area contributed by atoms with E-state index >= 15 is 0 Å². The molecular formula is C9H14N4O2S. The van der Waals surface area contributed by atoms with Gasteiger partial charge in [-0.05, 0) is 32.0 Å². The van der Waals surface area contributed by atoms with E-state index in [1.165, 1.54) is 6.07 Å². The first-order valence-electron chi connectivity index (χ1n) is 5.11. The van der Waals surface area contributed by atoms with Crippen molar-refractivity contribution >= 4 is 10.0 Å². The molecule has 0 saturated carbocycles. The fourth-order valence-corrected chi connectivity index (χ4v) is 2.72. The van der Waals surface area contributed by atoms with E-state index in [1.54, 1.807) is 13.0 Å². The molecule has 0 radical (unpaired) electrons. The minimum Gasteiger partial charge on any atom is -0.315 e. The summed E-state index contributed by atoms with van der Waals surface area (Å²) >= 11 is 0. The Morgan fingerprint density at radius 1 is 1.44 bits per heavy atom. The largest absolute Gasteiger partial charge is 0.315 e. The van der Waals surface area contributed by atoms with Gasteiger partial charge in [0, 0.05) is 12.6 Å². The number of rotatable bonds is 3. The third kappa shape index (κ3) is 2.55. The van der Waals surface area contributed by atoms with E-state index in [0.717, 1.165) is 13.0 Å². The number of hydrogen-bond acceptors (Lipinski definition) is 5. The van der Waals surface area contributed by atoms with Crippen molar-refractivity contribution in [2.75, 3.05) is 13.1 Å². The van der Waals surface area contributed by atoms with Gasteiger partial charge in [0.15, 0.2) is 5.03 Å². The number of hydrogen-bond donors (Lipinski definition) is 2. The van der Waals surface area contributed by atoms with Crippen LogP contribution >= 0.6 is 0 Å². The Morgan fingerprint density at radius 3 is 2.81 bits per heavy atom. The van der Waals surface area contributed by atoms with Crippen LogP contribution in [-0.4, -0.2) is 37.7 Å². The molecule has 0 unspecified atom stereocenters. The molecule has 0 aliphatic carbocycles. The maximum absolute atomic E-state index is 11.9. The molecule has 0 bridgehead atoms. The third-order valence-corrected chi connectivity index (χ3v) is 3.84. The van der Waals surface area contributed by atoms with Crippen LogP contribution in [0.3, 0.4) is 0 Å². The summed E-state index contributed by atoms with van der Waals surface area (Å²) in [6.45, 7) is 3.27. The summed E-state index contributed by atoms with van der Waals surface area (Å²) in [5.74, 6) is 0. The third-order valence-electron chi connectivity index (χ3n) is 2.43. The van der Waals surface area contributed by atoms with Gasteiger partial charge in [-0.25, -0.2) is 13.1 Å². The highest BCUT2D eigenvalue weighted by Crippen LogP contribution is 2.07. The van der Waals surface area contributed by atoms with Gasteiger partial charge in [0.2, 0.25) is 0 Å². The molecule has 0 amide bonds. The zero-order valence-electron chi connectivity index (χ0n) is 8.97. The van der Waals surface area contributed by atoms with Crippen LogP contribution in [0.25, 0.3) is 0 Å². The molecule has 1 aliphatic heterocycles. The molecule has 0 spiro atoms. The SMILES string of the molecule is Cc1ccc(S(=O)(=O)N[C@@H]2CCNC2)nn1. The highest BCUT2D eigenvalue weighted by atomic mass is 32.2. The van der Waals surface area contributed by atoms with Gasteiger partial charge in [-0.3, -0.25) is 0 Å². The lowest BCUT2D eigenvalue weighted by Crippen LogP contribution is -2.36. The highest BCUT2D eigenvalue weighted by Gasteiger charge is 2.23. The second-order valence-electron chi connectivity index (χ2n) is 3.82. The Bertz CT molecular complexity index is 451. The normalized spacial score (nSPS) is 21.2. The molecule has 16 heavy (non-hydrogen) atoms. The van der Waals surface area contributed by atoms with Gasteiger partial charge in [-0.1, -0.05) is 0 Å². The van der Waals surface area contributed by atoms with Crippen LogP contribution in [-0.2, 0) is 10.0 Å². The molecule has 1 aliphatic rings. The van der Waals surface area contributed by atoms with Crippen molar-refractivity contribution in [1.82, 2.24) is 20.2 Å².